The summed E-state index contributed by atoms with van der Waals surface area (Å²) in [7, 11) is 0. The Labute approximate surface area is 200 Å². The topological polar surface area (TPSA) is 106 Å². The van der Waals surface area contributed by atoms with Crippen LogP contribution in [0, 0.1) is 0 Å². The van der Waals surface area contributed by atoms with E-state index in [0.29, 0.717) is 33.5 Å². The van der Waals surface area contributed by atoms with Gasteiger partial charge in [-0.1, -0.05) is 6.58 Å². The maximum atomic E-state index is 14.2. The molecule has 4 aromatic rings. The summed E-state index contributed by atoms with van der Waals surface area (Å²) in [6.07, 6.45) is 4.00. The number of carbonyl (C=O) groups is 2. The fraction of sp³-hybridized carbons (Fsp3) is 0.115. The van der Waals surface area contributed by atoms with Gasteiger partial charge in [0.05, 0.1) is 10.9 Å². The Hall–Kier alpha value is -4.66. The lowest BCUT2D eigenvalue weighted by atomic mass is 10.0. The SMILES string of the molecule is C=CC(=O)Nc1ccc2ncnc(Oc3ccc(C(=O)Nc4cc(C(C)(C)F)ccn4)cc3)c2c1. The average Bonchev–Trinajstić information content (AvgIpc) is 2.84. The largest absolute Gasteiger partial charge is 0.438 e. The molecule has 2 aromatic carbocycles. The first-order valence-electron chi connectivity index (χ1n) is 10.7. The van der Waals surface area contributed by atoms with Gasteiger partial charge in [-0.15, -0.1) is 0 Å². The van der Waals surface area contributed by atoms with Gasteiger partial charge in [-0.2, -0.15) is 0 Å². The molecule has 0 unspecified atom stereocenters. The molecule has 0 atom stereocenters. The third kappa shape index (κ3) is 5.64. The molecule has 0 saturated heterocycles. The van der Waals surface area contributed by atoms with E-state index in [1.165, 1.54) is 38.5 Å². The summed E-state index contributed by atoms with van der Waals surface area (Å²) in [6, 6.07) is 14.7. The van der Waals surface area contributed by atoms with E-state index in [0.717, 1.165) is 0 Å². The van der Waals surface area contributed by atoms with Crippen LogP contribution in [0.2, 0.25) is 0 Å². The van der Waals surface area contributed by atoms with Crippen LogP contribution in [0.15, 0.2) is 79.8 Å². The fourth-order valence-electron chi connectivity index (χ4n) is 3.23. The molecule has 0 aliphatic carbocycles. The third-order valence-electron chi connectivity index (χ3n) is 5.07. The minimum Gasteiger partial charge on any atom is -0.438 e. The first-order chi connectivity index (χ1) is 16.7. The van der Waals surface area contributed by atoms with Gasteiger partial charge < -0.3 is 15.4 Å². The van der Waals surface area contributed by atoms with Crippen molar-refractivity contribution in [3.63, 3.8) is 0 Å². The first kappa shape index (κ1) is 23.5. The van der Waals surface area contributed by atoms with Crippen molar-refractivity contribution in [2.24, 2.45) is 0 Å². The summed E-state index contributed by atoms with van der Waals surface area (Å²) in [6.45, 7) is 6.31. The molecule has 2 N–H and O–H groups in total. The van der Waals surface area contributed by atoms with Crippen LogP contribution in [0.25, 0.3) is 10.9 Å². The number of aromatic nitrogens is 3. The standard InChI is InChI=1S/C26H22FN5O3/c1-4-23(33)31-18-7-10-21-20(14-18)25(30-15-29-21)35-19-8-5-16(6-9-19)24(34)32-22-13-17(11-12-28-22)26(2,3)27/h4-15H,1H2,2-3H3,(H,31,33)(H,28,32,34). The number of anilines is 2. The van der Waals surface area contributed by atoms with Crippen molar-refractivity contribution in [1.82, 2.24) is 15.0 Å². The number of carbonyl (C=O) groups excluding carboxylic acids is 2. The fourth-order valence-corrected chi connectivity index (χ4v) is 3.23. The number of amides is 2. The van der Waals surface area contributed by atoms with Gasteiger partial charge in [0.15, 0.2) is 0 Å². The van der Waals surface area contributed by atoms with Crippen LogP contribution >= 0.6 is 0 Å². The van der Waals surface area contributed by atoms with Gasteiger partial charge in [-0.05, 0) is 80.1 Å². The molecule has 0 bridgehead atoms. The molecule has 0 spiro atoms. The Morgan fingerprint density at radius 3 is 2.49 bits per heavy atom. The molecule has 0 fully saturated rings. The number of nitrogens with one attached hydrogen (secondary N) is 2. The molecule has 176 valence electrons. The molecule has 35 heavy (non-hydrogen) atoms. The minimum absolute atomic E-state index is 0.255. The van der Waals surface area contributed by atoms with Gasteiger partial charge in [0, 0.05) is 17.4 Å². The highest BCUT2D eigenvalue weighted by atomic mass is 19.1. The van der Waals surface area contributed by atoms with E-state index in [-0.39, 0.29) is 17.6 Å². The van der Waals surface area contributed by atoms with Gasteiger partial charge in [-0.25, -0.2) is 19.3 Å². The molecule has 2 heterocycles. The zero-order valence-electron chi connectivity index (χ0n) is 19.1. The van der Waals surface area contributed by atoms with E-state index in [9.17, 15) is 14.0 Å². The maximum absolute atomic E-state index is 14.2. The van der Waals surface area contributed by atoms with Crippen LogP contribution in [0.3, 0.4) is 0 Å². The predicted molar refractivity (Wildman–Crippen MR) is 131 cm³/mol. The summed E-state index contributed by atoms with van der Waals surface area (Å²) in [5, 5.41) is 5.95. The van der Waals surface area contributed by atoms with Crippen molar-refractivity contribution >= 4 is 34.2 Å². The second-order valence-electron chi connectivity index (χ2n) is 8.09. The van der Waals surface area contributed by atoms with E-state index in [2.05, 4.69) is 32.2 Å². The normalized spacial score (nSPS) is 11.1. The number of nitrogens with zero attached hydrogens (tertiary/aromatic N) is 3. The number of hydrogen-bond donors (Lipinski definition) is 2. The molecule has 0 aliphatic rings. The highest BCUT2D eigenvalue weighted by Gasteiger charge is 2.19. The quantitative estimate of drug-likeness (QED) is 0.350. The lowest BCUT2D eigenvalue weighted by Crippen LogP contribution is -2.15. The van der Waals surface area contributed by atoms with E-state index >= 15 is 0 Å². The molecular weight excluding hydrogens is 449 g/mol. The zero-order chi connectivity index (χ0) is 25.0. The third-order valence-corrected chi connectivity index (χ3v) is 5.07. The van der Waals surface area contributed by atoms with Crippen molar-refractivity contribution < 1.29 is 18.7 Å². The van der Waals surface area contributed by atoms with Crippen LogP contribution in [0.5, 0.6) is 11.6 Å². The number of pyridine rings is 1. The average molecular weight is 471 g/mol. The number of hydrogen-bond acceptors (Lipinski definition) is 6. The Balaban J connectivity index is 1.50. The summed E-state index contributed by atoms with van der Waals surface area (Å²) in [4.78, 5) is 36.7. The van der Waals surface area contributed by atoms with Gasteiger partial charge in [0.2, 0.25) is 11.8 Å². The molecule has 8 nitrogen and oxygen atoms in total. The number of alkyl halides is 1. The molecular formula is C26H22FN5O3. The van der Waals surface area contributed by atoms with Gasteiger partial charge in [0.1, 0.15) is 23.6 Å². The van der Waals surface area contributed by atoms with Crippen LogP contribution in [0.4, 0.5) is 15.9 Å². The number of rotatable bonds is 7. The summed E-state index contributed by atoms with van der Waals surface area (Å²) in [5.41, 5.74) is 0.406. The second kappa shape index (κ2) is 9.68. The smallest absolute Gasteiger partial charge is 0.256 e. The Kier molecular flexibility index (Phi) is 6.50. The van der Waals surface area contributed by atoms with E-state index in [1.807, 2.05) is 0 Å². The summed E-state index contributed by atoms with van der Waals surface area (Å²) < 4.78 is 20.1. The Morgan fingerprint density at radius 2 is 1.77 bits per heavy atom. The first-order valence-corrected chi connectivity index (χ1v) is 10.7. The number of benzene rings is 2. The van der Waals surface area contributed by atoms with Crippen molar-refractivity contribution in [3.8, 4) is 11.6 Å². The van der Waals surface area contributed by atoms with Crippen molar-refractivity contribution in [2.75, 3.05) is 10.6 Å². The van der Waals surface area contributed by atoms with Crippen molar-refractivity contribution in [2.45, 2.75) is 19.5 Å². The van der Waals surface area contributed by atoms with Crippen LogP contribution < -0.4 is 15.4 Å². The van der Waals surface area contributed by atoms with E-state index in [4.69, 9.17) is 4.74 Å². The summed E-state index contributed by atoms with van der Waals surface area (Å²) in [5.74, 6) is 0.254. The zero-order valence-corrected chi connectivity index (χ0v) is 19.1. The molecule has 0 radical (unpaired) electrons. The predicted octanol–water partition coefficient (Wildman–Crippen LogP) is 5.40. The van der Waals surface area contributed by atoms with Gasteiger partial charge in [0.25, 0.3) is 5.91 Å². The minimum atomic E-state index is -1.55. The second-order valence-corrected chi connectivity index (χ2v) is 8.09. The van der Waals surface area contributed by atoms with Crippen LogP contribution in [-0.4, -0.2) is 26.8 Å². The molecule has 0 saturated carbocycles. The lowest BCUT2D eigenvalue weighted by Gasteiger charge is -2.15. The number of ether oxygens (including phenoxy) is 1. The lowest BCUT2D eigenvalue weighted by molar-refractivity contribution is -0.111. The van der Waals surface area contributed by atoms with Crippen LogP contribution in [0.1, 0.15) is 29.8 Å². The maximum Gasteiger partial charge on any atom is 0.256 e. The molecule has 2 aromatic heterocycles. The molecule has 2 amide bonds. The monoisotopic (exact) mass is 471 g/mol. The molecule has 9 heteroatoms. The van der Waals surface area contributed by atoms with Crippen LogP contribution in [-0.2, 0) is 10.5 Å². The highest BCUT2D eigenvalue weighted by molar-refractivity contribution is 6.04. The number of halogens is 1. The number of fused-ring (bicyclic) bond motifs is 1. The Morgan fingerprint density at radius 1 is 1.00 bits per heavy atom. The molecule has 0 aliphatic heterocycles. The van der Waals surface area contributed by atoms with Gasteiger partial charge in [-0.3, -0.25) is 9.59 Å². The highest BCUT2D eigenvalue weighted by Crippen LogP contribution is 2.29. The molecule has 4 rings (SSSR count). The van der Waals surface area contributed by atoms with E-state index in [1.54, 1.807) is 48.5 Å². The van der Waals surface area contributed by atoms with Crippen molar-refractivity contribution in [1.29, 1.82) is 0 Å². The van der Waals surface area contributed by atoms with Crippen molar-refractivity contribution in [3.05, 3.63) is 90.9 Å². The summed E-state index contributed by atoms with van der Waals surface area (Å²) >= 11 is 0. The van der Waals surface area contributed by atoms with Gasteiger partial charge >= 0.3 is 0 Å². The Bertz CT molecular complexity index is 1410. The van der Waals surface area contributed by atoms with E-state index < -0.39 is 11.6 Å².